The Labute approximate surface area is 631 Å². The molecule has 0 heterocycles. The van der Waals surface area contributed by atoms with Gasteiger partial charge in [-0.15, -0.1) is 0 Å². The highest BCUT2D eigenvalue weighted by Crippen LogP contribution is 2.45. The molecule has 0 aliphatic heterocycles. The third-order valence-electron chi connectivity index (χ3n) is 16.6. The molecule has 0 radical (unpaired) electrons. The molecule has 0 amide bonds. The van der Waals surface area contributed by atoms with E-state index in [-0.39, 0.29) is 25.7 Å². The molecule has 0 aromatic carbocycles. The van der Waals surface area contributed by atoms with Gasteiger partial charge in [-0.3, -0.25) is 37.3 Å². The summed E-state index contributed by atoms with van der Waals surface area (Å²) < 4.78 is 68.6. The van der Waals surface area contributed by atoms with Crippen LogP contribution in [0, 0.1) is 0 Å². The molecule has 596 valence electrons. The Bertz CT molecular complexity index is 2490. The topological polar surface area (TPSA) is 237 Å². The van der Waals surface area contributed by atoms with E-state index in [0.29, 0.717) is 32.1 Å². The maximum Gasteiger partial charge on any atom is 0.472 e. The van der Waals surface area contributed by atoms with Crippen LogP contribution in [0.15, 0.2) is 134 Å². The van der Waals surface area contributed by atoms with Crippen molar-refractivity contribution in [3.05, 3.63) is 134 Å². The molecule has 0 aliphatic rings. The molecule has 0 saturated carbocycles. The SMILES string of the molecule is CC/C=C\C/C=C\C/C=C\C/C=C\C/C=C\CCCCCC(=O)OCC(COP(=O)(O)OCC(O)COP(=O)(O)OCC(COC(=O)CCC/C=C\C/C=C\C/C=C\C/C=C\C/C=C\CC)OC(=O)CCCCCCC/C=C\CCCCCC)OC(=O)CCCCCCCCCCCCCCCCC. The van der Waals surface area contributed by atoms with Crippen molar-refractivity contribution in [3.63, 3.8) is 0 Å². The summed E-state index contributed by atoms with van der Waals surface area (Å²) in [6, 6.07) is 0. The smallest absolute Gasteiger partial charge is 0.462 e. The van der Waals surface area contributed by atoms with Gasteiger partial charge in [0, 0.05) is 25.7 Å². The first-order valence-corrected chi connectivity index (χ1v) is 43.4. The van der Waals surface area contributed by atoms with Crippen molar-refractivity contribution >= 4 is 39.5 Å². The molecular weight excluding hydrogens is 1350 g/mol. The van der Waals surface area contributed by atoms with Crippen LogP contribution in [0.3, 0.4) is 0 Å². The number of ether oxygens (including phenoxy) is 4. The Kier molecular flexibility index (Phi) is 72.9. The van der Waals surface area contributed by atoms with Crippen LogP contribution in [0.5, 0.6) is 0 Å². The first kappa shape index (κ1) is 99.2. The molecule has 3 N–H and O–H groups in total. The second-order valence-corrected chi connectivity index (χ2v) is 29.5. The van der Waals surface area contributed by atoms with Crippen molar-refractivity contribution in [1.29, 1.82) is 0 Å². The molecule has 0 rings (SSSR count). The highest BCUT2D eigenvalue weighted by atomic mass is 31.2. The minimum absolute atomic E-state index is 0.0699. The summed E-state index contributed by atoms with van der Waals surface area (Å²) in [5, 5.41) is 10.6. The molecular formula is C85H144O17P2. The minimum Gasteiger partial charge on any atom is -0.462 e. The largest absolute Gasteiger partial charge is 0.472 e. The summed E-state index contributed by atoms with van der Waals surface area (Å²) in [5.74, 6) is -2.28. The number of phosphoric acid groups is 2. The highest BCUT2D eigenvalue weighted by molar-refractivity contribution is 7.47. The summed E-state index contributed by atoms with van der Waals surface area (Å²) in [4.78, 5) is 73.0. The van der Waals surface area contributed by atoms with Crippen molar-refractivity contribution in [2.45, 2.75) is 341 Å². The Morgan fingerprint density at radius 1 is 0.279 bits per heavy atom. The van der Waals surface area contributed by atoms with Gasteiger partial charge in [-0.2, -0.15) is 0 Å². The zero-order chi connectivity index (χ0) is 76.0. The van der Waals surface area contributed by atoms with Gasteiger partial charge in [0.05, 0.1) is 26.4 Å². The summed E-state index contributed by atoms with van der Waals surface area (Å²) in [6.45, 7) is 4.55. The fourth-order valence-electron chi connectivity index (χ4n) is 10.5. The van der Waals surface area contributed by atoms with Crippen molar-refractivity contribution in [2.24, 2.45) is 0 Å². The van der Waals surface area contributed by atoms with Gasteiger partial charge in [-0.25, -0.2) is 9.13 Å². The van der Waals surface area contributed by atoms with Gasteiger partial charge in [0.1, 0.15) is 19.3 Å². The van der Waals surface area contributed by atoms with E-state index < -0.39 is 97.5 Å². The quantitative estimate of drug-likeness (QED) is 0.0169. The number of aliphatic hydroxyl groups is 1. The van der Waals surface area contributed by atoms with Crippen LogP contribution < -0.4 is 0 Å². The third-order valence-corrected chi connectivity index (χ3v) is 18.5. The van der Waals surface area contributed by atoms with E-state index in [1.165, 1.54) is 89.9 Å². The van der Waals surface area contributed by atoms with Crippen LogP contribution in [0.2, 0.25) is 0 Å². The fourth-order valence-corrected chi connectivity index (χ4v) is 12.1. The predicted octanol–water partition coefficient (Wildman–Crippen LogP) is 23.7. The molecule has 0 fully saturated rings. The Balaban J connectivity index is 5.42. The number of carbonyl (C=O) groups is 4. The lowest BCUT2D eigenvalue weighted by atomic mass is 10.0. The van der Waals surface area contributed by atoms with E-state index in [4.69, 9.17) is 37.0 Å². The Hall–Kier alpha value is -4.80. The molecule has 19 heteroatoms. The summed E-state index contributed by atoms with van der Waals surface area (Å²) >= 11 is 0. The number of rotatable bonds is 75. The summed E-state index contributed by atoms with van der Waals surface area (Å²) in [6.07, 6.45) is 85.8. The average molecular weight is 1500 g/mol. The Morgan fingerprint density at radius 3 is 0.837 bits per heavy atom. The van der Waals surface area contributed by atoms with E-state index in [2.05, 4.69) is 149 Å². The van der Waals surface area contributed by atoms with Crippen molar-refractivity contribution in [2.75, 3.05) is 39.6 Å². The second kappa shape index (κ2) is 76.4. The first-order valence-electron chi connectivity index (χ1n) is 40.4. The Morgan fingerprint density at radius 2 is 0.510 bits per heavy atom. The van der Waals surface area contributed by atoms with Crippen LogP contribution in [0.25, 0.3) is 0 Å². The lowest BCUT2D eigenvalue weighted by Crippen LogP contribution is -2.30. The average Bonchev–Trinajstić information content (AvgIpc) is 0.911. The molecule has 0 aromatic heterocycles. The first-order chi connectivity index (χ1) is 50.7. The molecule has 5 atom stereocenters. The number of esters is 4. The molecule has 17 nitrogen and oxygen atoms in total. The van der Waals surface area contributed by atoms with Gasteiger partial charge < -0.3 is 33.8 Å². The molecule has 0 saturated heterocycles. The molecule has 0 aliphatic carbocycles. The number of aliphatic hydroxyl groups excluding tert-OH is 1. The lowest BCUT2D eigenvalue weighted by molar-refractivity contribution is -0.161. The minimum atomic E-state index is -4.99. The van der Waals surface area contributed by atoms with Crippen LogP contribution in [-0.4, -0.2) is 96.7 Å². The molecule has 0 spiro atoms. The summed E-state index contributed by atoms with van der Waals surface area (Å²) in [5.41, 5.74) is 0. The zero-order valence-electron chi connectivity index (χ0n) is 65.2. The van der Waals surface area contributed by atoms with Crippen molar-refractivity contribution < 1.29 is 80.2 Å². The third kappa shape index (κ3) is 75.4. The maximum absolute atomic E-state index is 13.1. The number of unbranched alkanes of at least 4 members (excludes halogenated alkanes) is 27. The van der Waals surface area contributed by atoms with E-state index in [1.54, 1.807) is 0 Å². The predicted molar refractivity (Wildman–Crippen MR) is 427 cm³/mol. The molecule has 0 aromatic rings. The van der Waals surface area contributed by atoms with Gasteiger partial charge in [0.25, 0.3) is 0 Å². The van der Waals surface area contributed by atoms with E-state index in [9.17, 15) is 43.2 Å². The number of hydrogen-bond acceptors (Lipinski definition) is 15. The van der Waals surface area contributed by atoms with Gasteiger partial charge in [-0.05, 0) is 135 Å². The van der Waals surface area contributed by atoms with Crippen LogP contribution in [0.4, 0.5) is 0 Å². The van der Waals surface area contributed by atoms with E-state index >= 15 is 0 Å². The number of allylic oxidation sites excluding steroid dienone is 22. The second-order valence-electron chi connectivity index (χ2n) is 26.6. The normalized spacial score (nSPS) is 14.6. The molecule has 5 unspecified atom stereocenters. The number of phosphoric ester groups is 2. The fraction of sp³-hybridized carbons (Fsp3) is 0.694. The number of carbonyl (C=O) groups excluding carboxylic acids is 4. The van der Waals surface area contributed by atoms with Gasteiger partial charge in [0.2, 0.25) is 0 Å². The van der Waals surface area contributed by atoms with E-state index in [1.807, 2.05) is 12.2 Å². The standard InChI is InChI=1S/C85H144O17P2/c1-5-9-13-17-21-25-29-33-36-38-39-41-44-47-50-54-58-62-66-70-83(88)96-76-81(102-85(90)72-68-64-60-56-52-48-42-35-31-27-23-19-15-11-7-3)78-100-104(93,94)98-74-79(86)73-97-103(91,92)99-77-80(101-84(89)71-67-63-59-55-51-45-32-28-24-20-16-12-8-4)75-95-82(87)69-65-61-57-53-49-46-43-40-37-34-30-26-22-18-14-10-6-2/h9-10,13-14,21-22,25-26,28,32-34,36-37,39,41,43,46-47,50,53,57,79-81,86H,5-8,11-12,15-20,23-24,27,29-31,35,38,40,42,44-45,48-49,51-52,54-56,58-78H2,1-4H3,(H,91,92)(H,93,94)/b13-9-,14-10-,25-21-,26-22-,32-28-,36-33-,37-34-,41-39-,46-43-,50-47-,57-53-. The van der Waals surface area contributed by atoms with Crippen LogP contribution in [0.1, 0.15) is 323 Å². The summed E-state index contributed by atoms with van der Waals surface area (Å²) in [7, 11) is -9.99. The lowest BCUT2D eigenvalue weighted by Gasteiger charge is -2.21. The molecule has 104 heavy (non-hydrogen) atoms. The number of hydrogen-bond donors (Lipinski definition) is 3. The maximum atomic E-state index is 13.1. The van der Waals surface area contributed by atoms with Gasteiger partial charge in [-0.1, -0.05) is 296 Å². The van der Waals surface area contributed by atoms with E-state index in [0.717, 1.165) is 148 Å². The van der Waals surface area contributed by atoms with Crippen LogP contribution in [-0.2, 0) is 65.4 Å². The monoisotopic (exact) mass is 1500 g/mol. The van der Waals surface area contributed by atoms with Gasteiger partial charge in [0.15, 0.2) is 12.2 Å². The highest BCUT2D eigenvalue weighted by Gasteiger charge is 2.30. The van der Waals surface area contributed by atoms with Crippen molar-refractivity contribution in [1.82, 2.24) is 0 Å². The van der Waals surface area contributed by atoms with Crippen molar-refractivity contribution in [3.8, 4) is 0 Å². The zero-order valence-corrected chi connectivity index (χ0v) is 66.9. The molecule has 0 bridgehead atoms. The van der Waals surface area contributed by atoms with Crippen LogP contribution >= 0.6 is 15.6 Å². The van der Waals surface area contributed by atoms with Gasteiger partial charge >= 0.3 is 39.5 Å².